The third kappa shape index (κ3) is 3.48. The number of hydrogen-bond donors (Lipinski definition) is 1. The van der Waals surface area contributed by atoms with Crippen LogP contribution in [0.3, 0.4) is 0 Å². The van der Waals surface area contributed by atoms with Gasteiger partial charge in [0.25, 0.3) is 5.69 Å². The third-order valence-corrected chi connectivity index (χ3v) is 3.19. The van der Waals surface area contributed by atoms with Crippen molar-refractivity contribution in [2.75, 3.05) is 5.75 Å². The zero-order valence-corrected chi connectivity index (χ0v) is 9.62. The monoisotopic (exact) mass is 292 g/mol. The SMILES string of the molecule is O=C(O)CSc1ncc([N+](=O)[O-])cc1Br. The Morgan fingerprint density at radius 3 is 2.87 bits per heavy atom. The van der Waals surface area contributed by atoms with Gasteiger partial charge in [0.05, 0.1) is 15.1 Å². The molecule has 1 rings (SSSR count). The molecule has 0 aliphatic carbocycles. The predicted octanol–water partition coefficient (Wildman–Crippen LogP) is 1.93. The summed E-state index contributed by atoms with van der Waals surface area (Å²) in [5.74, 6) is -1.10. The summed E-state index contributed by atoms with van der Waals surface area (Å²) in [6.45, 7) is 0. The molecule has 1 aromatic rings. The Morgan fingerprint density at radius 1 is 1.73 bits per heavy atom. The van der Waals surface area contributed by atoms with Gasteiger partial charge >= 0.3 is 5.97 Å². The zero-order valence-electron chi connectivity index (χ0n) is 7.21. The first-order valence-electron chi connectivity index (χ1n) is 3.65. The maximum atomic E-state index is 10.4. The van der Waals surface area contributed by atoms with E-state index in [9.17, 15) is 14.9 Å². The van der Waals surface area contributed by atoms with Gasteiger partial charge in [0.2, 0.25) is 0 Å². The summed E-state index contributed by atoms with van der Waals surface area (Å²) >= 11 is 4.08. The number of aromatic nitrogens is 1. The Labute approximate surface area is 97.0 Å². The fourth-order valence-electron chi connectivity index (χ4n) is 0.751. The van der Waals surface area contributed by atoms with E-state index in [4.69, 9.17) is 5.11 Å². The summed E-state index contributed by atoms with van der Waals surface area (Å²) in [6.07, 6.45) is 1.09. The van der Waals surface area contributed by atoms with Crippen molar-refractivity contribution in [1.82, 2.24) is 4.98 Å². The number of aliphatic carboxylic acids is 1. The molecule has 0 aromatic carbocycles. The van der Waals surface area contributed by atoms with Crippen LogP contribution in [-0.2, 0) is 4.79 Å². The van der Waals surface area contributed by atoms with Gasteiger partial charge in [0.15, 0.2) is 0 Å². The van der Waals surface area contributed by atoms with Gasteiger partial charge in [-0.25, -0.2) is 4.98 Å². The molecule has 0 spiro atoms. The van der Waals surface area contributed by atoms with Crippen LogP contribution in [0.4, 0.5) is 5.69 Å². The molecule has 0 aliphatic heterocycles. The van der Waals surface area contributed by atoms with Crippen LogP contribution in [0, 0.1) is 10.1 Å². The van der Waals surface area contributed by atoms with Crippen molar-refractivity contribution < 1.29 is 14.8 Å². The van der Waals surface area contributed by atoms with Crippen LogP contribution < -0.4 is 0 Å². The molecule has 8 heteroatoms. The summed E-state index contributed by atoms with van der Waals surface area (Å²) in [6, 6.07) is 1.29. The lowest BCUT2D eigenvalue weighted by atomic mass is 10.4. The Balaban J connectivity index is 2.83. The molecular weight excluding hydrogens is 288 g/mol. The highest BCUT2D eigenvalue weighted by Gasteiger charge is 2.11. The van der Waals surface area contributed by atoms with Crippen molar-refractivity contribution in [2.24, 2.45) is 0 Å². The summed E-state index contributed by atoms with van der Waals surface area (Å²) in [7, 11) is 0. The van der Waals surface area contributed by atoms with Gasteiger partial charge in [-0.1, -0.05) is 11.8 Å². The lowest BCUT2D eigenvalue weighted by Crippen LogP contribution is -1.99. The first-order valence-corrected chi connectivity index (χ1v) is 5.43. The summed E-state index contributed by atoms with van der Waals surface area (Å²) in [4.78, 5) is 23.9. The smallest absolute Gasteiger partial charge is 0.313 e. The molecule has 0 aliphatic rings. The molecule has 0 unspecified atom stereocenters. The first kappa shape index (κ1) is 11.9. The number of pyridine rings is 1. The van der Waals surface area contributed by atoms with E-state index < -0.39 is 10.9 Å². The van der Waals surface area contributed by atoms with E-state index in [1.54, 1.807) is 0 Å². The molecule has 6 nitrogen and oxygen atoms in total. The highest BCUT2D eigenvalue weighted by atomic mass is 79.9. The van der Waals surface area contributed by atoms with E-state index in [0.717, 1.165) is 18.0 Å². The number of nitrogens with zero attached hydrogens (tertiary/aromatic N) is 2. The van der Waals surface area contributed by atoms with Crippen molar-refractivity contribution in [3.05, 3.63) is 26.9 Å². The molecule has 1 aromatic heterocycles. The molecule has 0 radical (unpaired) electrons. The van der Waals surface area contributed by atoms with Crippen molar-refractivity contribution in [2.45, 2.75) is 5.03 Å². The maximum absolute atomic E-state index is 10.4. The number of carbonyl (C=O) groups is 1. The highest BCUT2D eigenvalue weighted by Crippen LogP contribution is 2.28. The summed E-state index contributed by atoms with van der Waals surface area (Å²) in [5, 5.41) is 19.2. The third-order valence-electron chi connectivity index (χ3n) is 1.34. The molecule has 1 heterocycles. The van der Waals surface area contributed by atoms with E-state index in [2.05, 4.69) is 20.9 Å². The van der Waals surface area contributed by atoms with Gasteiger partial charge in [-0.3, -0.25) is 14.9 Å². The largest absolute Gasteiger partial charge is 0.481 e. The van der Waals surface area contributed by atoms with Crippen LogP contribution in [0.15, 0.2) is 21.8 Å². The fraction of sp³-hybridized carbons (Fsp3) is 0.143. The van der Waals surface area contributed by atoms with E-state index in [1.807, 2.05) is 0 Å². The second-order valence-corrected chi connectivity index (χ2v) is 4.24. The Kier molecular flexibility index (Phi) is 4.04. The summed E-state index contributed by atoms with van der Waals surface area (Å²) in [5.41, 5.74) is -0.137. The van der Waals surface area contributed by atoms with Crippen molar-refractivity contribution in [1.29, 1.82) is 0 Å². The minimum atomic E-state index is -0.966. The first-order chi connectivity index (χ1) is 7.00. The number of hydrogen-bond acceptors (Lipinski definition) is 5. The molecule has 0 atom stereocenters. The average molecular weight is 293 g/mol. The van der Waals surface area contributed by atoms with E-state index in [1.165, 1.54) is 6.07 Å². The van der Waals surface area contributed by atoms with Crippen LogP contribution in [0.25, 0.3) is 0 Å². The molecule has 0 fully saturated rings. The minimum absolute atomic E-state index is 0.136. The van der Waals surface area contributed by atoms with Gasteiger partial charge in [-0.2, -0.15) is 0 Å². The van der Waals surface area contributed by atoms with Gasteiger partial charge in [0.1, 0.15) is 11.2 Å². The van der Waals surface area contributed by atoms with Crippen LogP contribution in [-0.4, -0.2) is 26.7 Å². The minimum Gasteiger partial charge on any atom is -0.481 e. The van der Waals surface area contributed by atoms with Gasteiger partial charge in [0, 0.05) is 6.07 Å². The normalized spacial score (nSPS) is 9.93. The molecule has 1 N–H and O–H groups in total. The molecule has 15 heavy (non-hydrogen) atoms. The second kappa shape index (κ2) is 5.08. The topological polar surface area (TPSA) is 93.3 Å². The lowest BCUT2D eigenvalue weighted by Gasteiger charge is -2.00. The van der Waals surface area contributed by atoms with Gasteiger partial charge in [-0.15, -0.1) is 0 Å². The van der Waals surface area contributed by atoms with E-state index in [-0.39, 0.29) is 11.4 Å². The quantitative estimate of drug-likeness (QED) is 0.518. The molecular formula is C7H5BrN2O4S. The fourth-order valence-corrected chi connectivity index (χ4v) is 2.02. The van der Waals surface area contributed by atoms with Crippen molar-refractivity contribution in [3.63, 3.8) is 0 Å². The van der Waals surface area contributed by atoms with Crippen LogP contribution in [0.2, 0.25) is 0 Å². The van der Waals surface area contributed by atoms with E-state index in [0.29, 0.717) is 9.50 Å². The number of nitro groups is 1. The standard InChI is InChI=1S/C7H5BrN2O4S/c8-5-1-4(10(13)14)2-9-7(5)15-3-6(11)12/h1-2H,3H2,(H,11,12). The highest BCUT2D eigenvalue weighted by molar-refractivity contribution is 9.10. The Hall–Kier alpha value is -1.15. The maximum Gasteiger partial charge on any atom is 0.313 e. The predicted molar refractivity (Wildman–Crippen MR) is 57.0 cm³/mol. The zero-order chi connectivity index (χ0) is 11.4. The van der Waals surface area contributed by atoms with Crippen LogP contribution in [0.1, 0.15) is 0 Å². The van der Waals surface area contributed by atoms with Gasteiger partial charge < -0.3 is 5.11 Å². The number of carboxylic acids is 1. The molecule has 0 saturated heterocycles. The van der Waals surface area contributed by atoms with Crippen molar-refractivity contribution in [3.8, 4) is 0 Å². The van der Waals surface area contributed by atoms with Crippen molar-refractivity contribution >= 4 is 39.3 Å². The number of thioether (sulfide) groups is 1. The molecule has 0 saturated carbocycles. The van der Waals surface area contributed by atoms with Crippen LogP contribution >= 0.6 is 27.7 Å². The molecule has 0 amide bonds. The lowest BCUT2D eigenvalue weighted by molar-refractivity contribution is -0.385. The van der Waals surface area contributed by atoms with Crippen LogP contribution in [0.5, 0.6) is 0 Å². The number of halogens is 1. The van der Waals surface area contributed by atoms with Gasteiger partial charge in [-0.05, 0) is 15.9 Å². The average Bonchev–Trinajstić information content (AvgIpc) is 2.15. The Morgan fingerprint density at radius 2 is 2.40 bits per heavy atom. The molecule has 80 valence electrons. The van der Waals surface area contributed by atoms with E-state index >= 15 is 0 Å². The number of rotatable bonds is 4. The molecule has 0 bridgehead atoms. The summed E-state index contributed by atoms with van der Waals surface area (Å²) < 4.78 is 0.419. The number of carboxylic acid groups (broad SMARTS) is 1. The second-order valence-electron chi connectivity index (χ2n) is 2.42. The Bertz CT molecular complexity index is 412.